The third-order valence-electron chi connectivity index (χ3n) is 14.8. The summed E-state index contributed by atoms with van der Waals surface area (Å²) >= 11 is 0. The first-order valence-electron chi connectivity index (χ1n) is 21.1. The van der Waals surface area contributed by atoms with Gasteiger partial charge in [-0.1, -0.05) is 53.5 Å². The quantitative estimate of drug-likeness (QED) is 0.107. The van der Waals surface area contributed by atoms with E-state index in [4.69, 9.17) is 30.2 Å². The standard InChI is InChI=1S/C46H55F3N6O2Si/c1-26(2)58(27(3)4,28(5)6)17-10-33-37(48)9-8-31-18-32(50)19-34(38(31)33)40-29(7)41-35(22-51-40)43(55-15-16-56-24-36-39(49)42(36)55)53-44(52-41)57-25-46-20-30(21-47)23-54(46)14-13-45(46)11-12-45/h8-9,18-19,21-22,26-28,36,39,42H,11-16,20,23-25,50H2,1-7H3/b30-21-/t36-,39-,42-,46-/m0/s1. The SMILES string of the molecule is Cc1c(-c2cc(N)cc3ccc(F)c(C#C[Si](C(C)C)(C(C)C)C(C)C)c23)ncc2c(N3CCOC[C@H]4[C@H](F)[C@H]43)nc(OC[C@]34C/C(=C/F)CN3CCC43CC3)nc12. The smallest absolute Gasteiger partial charge is 0.319 e. The zero-order valence-corrected chi connectivity index (χ0v) is 35.8. The lowest BCUT2D eigenvalue weighted by Crippen LogP contribution is -2.49. The predicted molar refractivity (Wildman–Crippen MR) is 228 cm³/mol. The minimum Gasteiger partial charge on any atom is -0.461 e. The first kappa shape index (κ1) is 39.3. The van der Waals surface area contributed by atoms with Crippen LogP contribution in [0.3, 0.4) is 0 Å². The second kappa shape index (κ2) is 14.2. The van der Waals surface area contributed by atoms with Crippen LogP contribution in [0.15, 0.2) is 42.4 Å². The van der Waals surface area contributed by atoms with Crippen LogP contribution in [-0.4, -0.2) is 85.1 Å². The van der Waals surface area contributed by atoms with E-state index in [1.807, 2.05) is 24.0 Å². The number of benzene rings is 2. The number of aromatic nitrogens is 3. The maximum absolute atomic E-state index is 16.2. The largest absolute Gasteiger partial charge is 0.461 e. The number of aryl methyl sites for hydroxylation is 1. The third kappa shape index (κ3) is 5.96. The fourth-order valence-corrected chi connectivity index (χ4v) is 16.8. The van der Waals surface area contributed by atoms with Gasteiger partial charge in [0.05, 0.1) is 53.3 Å². The molecule has 4 atom stereocenters. The summed E-state index contributed by atoms with van der Waals surface area (Å²) < 4.78 is 58.1. The first-order valence-corrected chi connectivity index (χ1v) is 23.4. The fourth-order valence-electron chi connectivity index (χ4n) is 11.6. The van der Waals surface area contributed by atoms with Crippen LogP contribution in [0.25, 0.3) is 32.9 Å². The Kier molecular flexibility index (Phi) is 9.64. The van der Waals surface area contributed by atoms with Gasteiger partial charge >= 0.3 is 6.01 Å². The molecule has 3 aliphatic heterocycles. The van der Waals surface area contributed by atoms with E-state index in [0.717, 1.165) is 48.7 Å². The minimum absolute atomic E-state index is 0.0983. The van der Waals surface area contributed by atoms with Crippen molar-refractivity contribution in [3.63, 3.8) is 0 Å². The van der Waals surface area contributed by atoms with Gasteiger partial charge in [0.2, 0.25) is 0 Å². The molecule has 2 aromatic heterocycles. The number of hydrogen-bond donors (Lipinski definition) is 1. The monoisotopic (exact) mass is 808 g/mol. The molecule has 12 heteroatoms. The summed E-state index contributed by atoms with van der Waals surface area (Å²) in [6.07, 6.45) is 5.34. The molecule has 2 N–H and O–H groups in total. The predicted octanol–water partition coefficient (Wildman–Crippen LogP) is 9.48. The van der Waals surface area contributed by atoms with Gasteiger partial charge < -0.3 is 20.1 Å². The zero-order chi connectivity index (χ0) is 40.9. The molecular weight excluding hydrogens is 754 g/mol. The molecule has 2 aliphatic carbocycles. The van der Waals surface area contributed by atoms with Crippen molar-refractivity contribution >= 4 is 41.3 Å². The highest BCUT2D eigenvalue weighted by molar-refractivity contribution is 6.90. The molecular formula is C46H55F3N6O2Si. The lowest BCUT2D eigenvalue weighted by Gasteiger charge is -2.38. The van der Waals surface area contributed by atoms with E-state index in [9.17, 15) is 4.39 Å². The van der Waals surface area contributed by atoms with Gasteiger partial charge in [0, 0.05) is 47.4 Å². The van der Waals surface area contributed by atoms with E-state index in [1.165, 1.54) is 6.07 Å². The number of nitrogens with two attached hydrogens (primary N) is 1. The van der Waals surface area contributed by atoms with Crippen molar-refractivity contribution < 1.29 is 22.6 Å². The Hall–Kier alpha value is -4.18. The van der Waals surface area contributed by atoms with Gasteiger partial charge in [-0.2, -0.15) is 9.97 Å². The van der Waals surface area contributed by atoms with Crippen molar-refractivity contribution in [3.8, 4) is 28.7 Å². The molecule has 306 valence electrons. The van der Waals surface area contributed by atoms with Gasteiger partial charge in [-0.25, -0.2) is 13.2 Å². The van der Waals surface area contributed by atoms with Crippen LogP contribution in [0.5, 0.6) is 6.01 Å². The molecule has 2 aromatic carbocycles. The highest BCUT2D eigenvalue weighted by Gasteiger charge is 2.68. The van der Waals surface area contributed by atoms with Crippen LogP contribution >= 0.6 is 0 Å². The van der Waals surface area contributed by atoms with Gasteiger partial charge in [0.1, 0.15) is 32.5 Å². The van der Waals surface area contributed by atoms with Crippen molar-refractivity contribution in [2.45, 2.75) is 109 Å². The zero-order valence-electron chi connectivity index (χ0n) is 34.8. The number of rotatable bonds is 8. The summed E-state index contributed by atoms with van der Waals surface area (Å²) in [5.41, 5.74) is 15.4. The Morgan fingerprint density at radius 1 is 1.07 bits per heavy atom. The third-order valence-corrected chi connectivity index (χ3v) is 21.1. The van der Waals surface area contributed by atoms with E-state index in [-0.39, 0.29) is 28.9 Å². The number of nitrogens with zero attached hydrogens (tertiary/aromatic N) is 5. The van der Waals surface area contributed by atoms with Crippen LogP contribution in [0.4, 0.5) is 24.7 Å². The molecule has 0 bridgehead atoms. The molecule has 0 radical (unpaired) electrons. The number of anilines is 2. The summed E-state index contributed by atoms with van der Waals surface area (Å²) in [4.78, 5) is 19.5. The molecule has 8 nitrogen and oxygen atoms in total. The first-order chi connectivity index (χ1) is 27.7. The van der Waals surface area contributed by atoms with E-state index in [1.54, 1.807) is 12.3 Å². The lowest BCUT2D eigenvalue weighted by atomic mass is 9.80. The molecule has 1 spiro atoms. The minimum atomic E-state index is -2.22. The molecule has 9 rings (SSSR count). The van der Waals surface area contributed by atoms with Gasteiger partial charge in [-0.05, 0) is 90.3 Å². The van der Waals surface area contributed by atoms with Gasteiger partial charge in [-0.3, -0.25) is 9.88 Å². The van der Waals surface area contributed by atoms with Crippen molar-refractivity contribution in [3.05, 3.63) is 59.3 Å². The Labute approximate surface area is 340 Å². The number of ether oxygens (including phenoxy) is 2. The van der Waals surface area contributed by atoms with Crippen LogP contribution in [0.2, 0.25) is 16.6 Å². The number of hydrogen-bond acceptors (Lipinski definition) is 8. The van der Waals surface area contributed by atoms with E-state index in [2.05, 4.69) is 57.9 Å². The maximum atomic E-state index is 16.2. The van der Waals surface area contributed by atoms with Gasteiger partial charge in [0.15, 0.2) is 0 Å². The Balaban J connectivity index is 1.21. The normalized spacial score (nSPS) is 25.8. The molecule has 3 saturated heterocycles. The topological polar surface area (TPSA) is 89.6 Å². The Morgan fingerprint density at radius 3 is 2.53 bits per heavy atom. The van der Waals surface area contributed by atoms with E-state index in [0.29, 0.717) is 101 Å². The number of halogens is 3. The molecule has 0 unspecified atom stereocenters. The number of nitrogen functional groups attached to an aromatic ring is 1. The second-order valence-corrected chi connectivity index (χ2v) is 24.2. The molecule has 5 heterocycles. The van der Waals surface area contributed by atoms with Crippen molar-refractivity contribution in [1.29, 1.82) is 0 Å². The van der Waals surface area contributed by atoms with E-state index >= 15 is 8.78 Å². The summed E-state index contributed by atoms with van der Waals surface area (Å²) in [5.74, 6) is 3.34. The van der Waals surface area contributed by atoms with E-state index < -0.39 is 20.1 Å². The van der Waals surface area contributed by atoms with Crippen LogP contribution < -0.4 is 15.4 Å². The fraction of sp³-hybridized carbons (Fsp3) is 0.543. The van der Waals surface area contributed by atoms with Crippen molar-refractivity contribution in [2.75, 3.05) is 50.1 Å². The maximum Gasteiger partial charge on any atom is 0.319 e. The highest BCUT2D eigenvalue weighted by atomic mass is 28.3. The summed E-state index contributed by atoms with van der Waals surface area (Å²) in [5, 5.41) is 2.09. The van der Waals surface area contributed by atoms with Crippen LogP contribution in [-0.2, 0) is 4.74 Å². The van der Waals surface area contributed by atoms with Crippen LogP contribution in [0, 0.1) is 35.5 Å². The van der Waals surface area contributed by atoms with Crippen molar-refractivity contribution in [1.82, 2.24) is 19.9 Å². The average Bonchev–Trinajstić information content (AvgIpc) is 4.06. The lowest BCUT2D eigenvalue weighted by molar-refractivity contribution is 0.0649. The molecule has 58 heavy (non-hydrogen) atoms. The number of alkyl halides is 1. The number of fused-ring (bicyclic) bond motifs is 5. The van der Waals surface area contributed by atoms with Crippen LogP contribution in [0.1, 0.15) is 78.4 Å². The summed E-state index contributed by atoms with van der Waals surface area (Å²) in [6.45, 7) is 18.5. The molecule has 5 aliphatic rings. The van der Waals surface area contributed by atoms with Gasteiger partial charge in [-0.15, -0.1) is 5.54 Å². The molecule has 4 aromatic rings. The number of pyridine rings is 1. The molecule has 5 fully saturated rings. The second-order valence-electron chi connectivity index (χ2n) is 18.6. The Bertz CT molecular complexity index is 2380. The summed E-state index contributed by atoms with van der Waals surface area (Å²) in [7, 11) is -2.22. The molecule has 2 saturated carbocycles. The summed E-state index contributed by atoms with van der Waals surface area (Å²) in [6, 6.07) is 6.74. The average molecular weight is 809 g/mol. The highest BCUT2D eigenvalue weighted by Crippen LogP contribution is 2.66. The Morgan fingerprint density at radius 2 is 1.83 bits per heavy atom. The van der Waals surface area contributed by atoms with Crippen molar-refractivity contribution in [2.24, 2.45) is 11.3 Å². The van der Waals surface area contributed by atoms with Gasteiger partial charge in [0.25, 0.3) is 0 Å². The molecule has 0 amide bonds.